The van der Waals surface area contributed by atoms with Gasteiger partial charge in [0, 0.05) is 17.0 Å². The Labute approximate surface area is 156 Å². The summed E-state index contributed by atoms with van der Waals surface area (Å²) >= 11 is 3.00. The van der Waals surface area contributed by atoms with Gasteiger partial charge in [0.2, 0.25) is 0 Å². The average molecular weight is 385 g/mol. The molecule has 26 heavy (non-hydrogen) atoms. The first-order valence-electron chi connectivity index (χ1n) is 8.29. The van der Waals surface area contributed by atoms with E-state index in [2.05, 4.69) is 24.7 Å². The quantitative estimate of drug-likeness (QED) is 0.526. The number of furan rings is 1. The number of nitrogens with zero attached hydrogens (tertiary/aromatic N) is 4. The van der Waals surface area contributed by atoms with Crippen molar-refractivity contribution < 1.29 is 4.42 Å². The molecule has 1 saturated carbocycles. The summed E-state index contributed by atoms with van der Waals surface area (Å²) in [6.45, 7) is 1.98. The summed E-state index contributed by atoms with van der Waals surface area (Å²) in [7, 11) is 0. The van der Waals surface area contributed by atoms with Crippen molar-refractivity contribution in [1.29, 1.82) is 0 Å². The zero-order chi connectivity index (χ0) is 17.7. The standard InChI is InChI=1S/C17H15N5O2S2/c1-9-20-21-17(22(9)10-4-5-10)26-8-13-18-15(23)14-11(7-25-16(14)19-13)12-3-2-6-24-12/h2-3,6-7,10H,4-5,8H2,1H3,(H,18,19,23). The smallest absolute Gasteiger partial charge is 0.260 e. The topological polar surface area (TPSA) is 89.6 Å². The number of hydrogen-bond acceptors (Lipinski definition) is 7. The second-order valence-electron chi connectivity index (χ2n) is 6.24. The molecule has 0 spiro atoms. The van der Waals surface area contributed by atoms with E-state index in [0.717, 1.165) is 21.4 Å². The number of hydrogen-bond donors (Lipinski definition) is 1. The van der Waals surface area contributed by atoms with Crippen LogP contribution in [0.15, 0.2) is 38.1 Å². The molecule has 0 atom stereocenters. The molecule has 1 fully saturated rings. The van der Waals surface area contributed by atoms with Crippen LogP contribution in [0.2, 0.25) is 0 Å². The van der Waals surface area contributed by atoms with E-state index in [1.807, 2.05) is 24.4 Å². The van der Waals surface area contributed by atoms with Crippen LogP contribution in [0, 0.1) is 6.92 Å². The number of thioether (sulfide) groups is 1. The van der Waals surface area contributed by atoms with E-state index >= 15 is 0 Å². The molecule has 0 unspecified atom stereocenters. The SMILES string of the molecule is Cc1nnc(SCc2nc3scc(-c4ccco4)c3c(=O)[nH]2)n1C1CC1. The Morgan fingerprint density at radius 2 is 2.31 bits per heavy atom. The van der Waals surface area contributed by atoms with Crippen LogP contribution >= 0.6 is 23.1 Å². The predicted octanol–water partition coefficient (Wildman–Crippen LogP) is 3.77. The minimum absolute atomic E-state index is 0.141. The van der Waals surface area contributed by atoms with Gasteiger partial charge in [0.25, 0.3) is 5.56 Å². The maximum absolute atomic E-state index is 12.6. The second-order valence-corrected chi connectivity index (χ2v) is 8.04. The summed E-state index contributed by atoms with van der Waals surface area (Å²) in [4.78, 5) is 20.8. The third-order valence-electron chi connectivity index (χ3n) is 4.36. The van der Waals surface area contributed by atoms with Gasteiger partial charge in [-0.05, 0) is 31.9 Å². The third kappa shape index (κ3) is 2.67. The van der Waals surface area contributed by atoms with Crippen molar-refractivity contribution in [3.63, 3.8) is 0 Å². The van der Waals surface area contributed by atoms with Gasteiger partial charge < -0.3 is 14.0 Å². The highest BCUT2D eigenvalue weighted by atomic mass is 32.2. The van der Waals surface area contributed by atoms with Crippen LogP contribution in [0.3, 0.4) is 0 Å². The fraction of sp³-hybridized carbons (Fsp3) is 0.294. The number of aryl methyl sites for hydroxylation is 1. The fourth-order valence-corrected chi connectivity index (χ4v) is 4.88. The van der Waals surface area contributed by atoms with E-state index in [0.29, 0.717) is 28.8 Å². The number of H-pyrrole nitrogens is 1. The average Bonchev–Trinajstić information content (AvgIpc) is 3.03. The molecular formula is C17H15N5O2S2. The number of aromatic nitrogens is 5. The van der Waals surface area contributed by atoms with Crippen molar-refractivity contribution in [2.75, 3.05) is 0 Å². The van der Waals surface area contributed by atoms with Gasteiger partial charge in [-0.2, -0.15) is 0 Å². The van der Waals surface area contributed by atoms with Crippen LogP contribution in [-0.4, -0.2) is 24.7 Å². The van der Waals surface area contributed by atoms with Crippen LogP contribution in [0.5, 0.6) is 0 Å². The summed E-state index contributed by atoms with van der Waals surface area (Å²) in [5, 5.41) is 11.8. The van der Waals surface area contributed by atoms with E-state index < -0.39 is 0 Å². The maximum atomic E-state index is 12.6. The molecule has 1 aliphatic rings. The first kappa shape index (κ1) is 15.8. The molecule has 0 aliphatic heterocycles. The molecule has 4 aromatic rings. The Hall–Kier alpha value is -2.39. The van der Waals surface area contributed by atoms with Crippen molar-refractivity contribution in [2.24, 2.45) is 0 Å². The van der Waals surface area contributed by atoms with E-state index in [1.165, 1.54) is 24.2 Å². The van der Waals surface area contributed by atoms with E-state index in [-0.39, 0.29) is 5.56 Å². The molecule has 7 nitrogen and oxygen atoms in total. The van der Waals surface area contributed by atoms with Crippen molar-refractivity contribution in [1.82, 2.24) is 24.7 Å². The maximum Gasteiger partial charge on any atom is 0.260 e. The van der Waals surface area contributed by atoms with Gasteiger partial charge in [-0.1, -0.05) is 11.8 Å². The van der Waals surface area contributed by atoms with Crippen molar-refractivity contribution in [3.8, 4) is 11.3 Å². The molecule has 4 aromatic heterocycles. The number of nitrogens with one attached hydrogen (secondary N) is 1. The molecule has 0 radical (unpaired) electrons. The summed E-state index contributed by atoms with van der Waals surface area (Å²) in [5.41, 5.74) is 0.644. The van der Waals surface area contributed by atoms with Crippen molar-refractivity contribution in [3.05, 3.63) is 45.8 Å². The highest BCUT2D eigenvalue weighted by Gasteiger charge is 2.28. The van der Waals surface area contributed by atoms with Crippen molar-refractivity contribution >= 4 is 33.3 Å². The Balaban J connectivity index is 1.45. The number of rotatable bonds is 5. The van der Waals surface area contributed by atoms with Crippen LogP contribution in [-0.2, 0) is 5.75 Å². The van der Waals surface area contributed by atoms with Gasteiger partial charge in [-0.3, -0.25) is 4.79 Å². The monoisotopic (exact) mass is 385 g/mol. The summed E-state index contributed by atoms with van der Waals surface area (Å²) < 4.78 is 7.61. The van der Waals surface area contributed by atoms with E-state index in [4.69, 9.17) is 4.42 Å². The molecule has 132 valence electrons. The number of thiophene rings is 1. The van der Waals surface area contributed by atoms with Crippen LogP contribution in [0.4, 0.5) is 0 Å². The molecule has 0 aromatic carbocycles. The zero-order valence-corrected chi connectivity index (χ0v) is 15.6. The van der Waals surface area contributed by atoms with E-state index in [9.17, 15) is 4.79 Å². The van der Waals surface area contributed by atoms with Crippen molar-refractivity contribution in [2.45, 2.75) is 36.7 Å². The Kier molecular flexibility index (Phi) is 3.71. The lowest BCUT2D eigenvalue weighted by Gasteiger charge is -2.06. The Morgan fingerprint density at radius 1 is 1.42 bits per heavy atom. The molecular weight excluding hydrogens is 370 g/mol. The largest absolute Gasteiger partial charge is 0.464 e. The fourth-order valence-electron chi connectivity index (χ4n) is 3.01. The molecule has 9 heteroatoms. The molecule has 5 rings (SSSR count). The van der Waals surface area contributed by atoms with Crippen LogP contribution in [0.1, 0.15) is 30.5 Å². The van der Waals surface area contributed by atoms with Crippen LogP contribution < -0.4 is 5.56 Å². The van der Waals surface area contributed by atoms with E-state index in [1.54, 1.807) is 18.0 Å². The normalized spacial score (nSPS) is 14.3. The Bertz CT molecular complexity index is 1140. The second kappa shape index (κ2) is 6.10. The highest BCUT2D eigenvalue weighted by molar-refractivity contribution is 7.98. The lowest BCUT2D eigenvalue weighted by atomic mass is 10.2. The van der Waals surface area contributed by atoms with Gasteiger partial charge in [0.05, 0.1) is 17.4 Å². The predicted molar refractivity (Wildman–Crippen MR) is 101 cm³/mol. The van der Waals surface area contributed by atoms with Gasteiger partial charge in [-0.15, -0.1) is 21.5 Å². The van der Waals surface area contributed by atoms with Gasteiger partial charge in [0.1, 0.15) is 22.2 Å². The number of fused-ring (bicyclic) bond motifs is 1. The van der Waals surface area contributed by atoms with Gasteiger partial charge in [0.15, 0.2) is 5.16 Å². The lowest BCUT2D eigenvalue weighted by Crippen LogP contribution is -2.11. The Morgan fingerprint density at radius 3 is 3.08 bits per heavy atom. The first-order valence-corrected chi connectivity index (χ1v) is 10.2. The summed E-state index contributed by atoms with van der Waals surface area (Å²) in [6, 6.07) is 4.18. The first-order chi connectivity index (χ1) is 12.7. The minimum Gasteiger partial charge on any atom is -0.464 e. The molecule has 0 amide bonds. The van der Waals surface area contributed by atoms with Gasteiger partial charge >= 0.3 is 0 Å². The minimum atomic E-state index is -0.141. The zero-order valence-electron chi connectivity index (χ0n) is 13.9. The number of aromatic amines is 1. The van der Waals surface area contributed by atoms with Gasteiger partial charge in [-0.25, -0.2) is 4.98 Å². The molecule has 0 saturated heterocycles. The molecule has 4 heterocycles. The molecule has 1 aliphatic carbocycles. The highest BCUT2D eigenvalue weighted by Crippen LogP contribution is 2.39. The lowest BCUT2D eigenvalue weighted by molar-refractivity contribution is 0.583. The third-order valence-corrected chi connectivity index (χ3v) is 6.19. The molecule has 0 bridgehead atoms. The van der Waals surface area contributed by atoms with Crippen LogP contribution in [0.25, 0.3) is 21.5 Å². The summed E-state index contributed by atoms with van der Waals surface area (Å²) in [6.07, 6.45) is 3.96. The summed E-state index contributed by atoms with van der Waals surface area (Å²) in [5.74, 6) is 2.81. The molecule has 1 N–H and O–H groups in total.